The van der Waals surface area contributed by atoms with Gasteiger partial charge >= 0.3 is 0 Å². The van der Waals surface area contributed by atoms with Gasteiger partial charge in [-0.15, -0.1) is 0 Å². The molecule has 18 heavy (non-hydrogen) atoms. The van der Waals surface area contributed by atoms with Crippen LogP contribution in [0.2, 0.25) is 0 Å². The molecule has 1 nitrogen and oxygen atoms in total. The summed E-state index contributed by atoms with van der Waals surface area (Å²) < 4.78 is 0. The summed E-state index contributed by atoms with van der Waals surface area (Å²) in [6, 6.07) is 19.9. The van der Waals surface area contributed by atoms with Gasteiger partial charge in [-0.2, -0.15) is 0 Å². The van der Waals surface area contributed by atoms with E-state index in [1.165, 1.54) is 5.56 Å². The predicted octanol–water partition coefficient (Wildman–Crippen LogP) is 4.88. The van der Waals surface area contributed by atoms with E-state index in [4.69, 9.17) is 5.11 Å². The largest absolute Gasteiger partial charge is 0.389 e. The van der Waals surface area contributed by atoms with E-state index < -0.39 is 0 Å². The van der Waals surface area contributed by atoms with Crippen molar-refractivity contribution in [3.05, 3.63) is 71.8 Å². The number of aliphatic hydroxyl groups is 1. The Labute approximate surface area is 118 Å². The molecule has 0 aromatic heterocycles. The van der Waals surface area contributed by atoms with Crippen molar-refractivity contribution in [3.8, 4) is 0 Å². The highest BCUT2D eigenvalue weighted by molar-refractivity contribution is 9.09. The molecule has 2 heteroatoms. The van der Waals surface area contributed by atoms with Crippen molar-refractivity contribution in [3.63, 3.8) is 0 Å². The van der Waals surface area contributed by atoms with Gasteiger partial charge in [0.15, 0.2) is 0 Å². The van der Waals surface area contributed by atoms with Gasteiger partial charge < -0.3 is 5.11 Å². The second-order valence-electron chi connectivity index (χ2n) is 4.11. The van der Waals surface area contributed by atoms with Crippen molar-refractivity contribution < 1.29 is 5.11 Å². The van der Waals surface area contributed by atoms with Gasteiger partial charge in [-0.3, -0.25) is 0 Å². The zero-order valence-electron chi connectivity index (χ0n) is 10.8. The molecule has 0 spiro atoms. The molecular weight excluding hydrogens is 288 g/mol. The maximum Gasteiger partial charge on any atom is 0.0761 e. The summed E-state index contributed by atoms with van der Waals surface area (Å²) in [4.78, 5) is 0.471. The van der Waals surface area contributed by atoms with Gasteiger partial charge in [0, 0.05) is 4.83 Å². The highest BCUT2D eigenvalue weighted by atomic mass is 79.9. The molecule has 2 atom stereocenters. The van der Waals surface area contributed by atoms with Gasteiger partial charge in [-0.05, 0) is 25.0 Å². The molecule has 0 heterocycles. The van der Waals surface area contributed by atoms with Gasteiger partial charge in [0.1, 0.15) is 0 Å². The van der Waals surface area contributed by atoms with E-state index in [1.54, 1.807) is 6.92 Å². The Morgan fingerprint density at radius 2 is 1.17 bits per heavy atom. The normalized spacial score (nSPS) is 13.1. The third-order valence-corrected chi connectivity index (χ3v) is 3.07. The van der Waals surface area contributed by atoms with Crippen molar-refractivity contribution in [2.45, 2.75) is 24.8 Å². The van der Waals surface area contributed by atoms with Crippen molar-refractivity contribution in [2.75, 3.05) is 0 Å². The molecule has 96 valence electrons. The molecule has 0 fully saturated rings. The molecule has 0 saturated heterocycles. The number of aliphatic hydroxyl groups excluding tert-OH is 1. The number of halogens is 1. The molecule has 1 N–H and O–H groups in total. The molecule has 0 aliphatic heterocycles. The van der Waals surface area contributed by atoms with Gasteiger partial charge in [-0.1, -0.05) is 76.6 Å². The predicted molar refractivity (Wildman–Crippen MR) is 80.9 cm³/mol. The quantitative estimate of drug-likeness (QED) is 0.784. The van der Waals surface area contributed by atoms with E-state index in [1.807, 2.05) is 48.5 Å². The number of hydrogen-bond acceptors (Lipinski definition) is 1. The lowest BCUT2D eigenvalue weighted by molar-refractivity contribution is 0.199. The molecule has 0 bridgehead atoms. The van der Waals surface area contributed by atoms with Crippen LogP contribution < -0.4 is 0 Å². The summed E-state index contributed by atoms with van der Waals surface area (Å²) in [6.45, 7) is 3.88. The summed E-state index contributed by atoms with van der Waals surface area (Å²) in [5.41, 5.74) is 2.30. The Morgan fingerprint density at radius 1 is 0.778 bits per heavy atom. The summed E-state index contributed by atoms with van der Waals surface area (Å²) in [6.07, 6.45) is -0.341. The topological polar surface area (TPSA) is 20.2 Å². The number of rotatable bonds is 2. The van der Waals surface area contributed by atoms with Gasteiger partial charge in [-0.25, -0.2) is 0 Å². The number of hydrogen-bond donors (Lipinski definition) is 1. The van der Waals surface area contributed by atoms with Crippen LogP contribution in [0.1, 0.15) is 35.9 Å². The lowest BCUT2D eigenvalue weighted by Gasteiger charge is -2.00. The molecule has 0 amide bonds. The monoisotopic (exact) mass is 306 g/mol. The van der Waals surface area contributed by atoms with E-state index in [0.29, 0.717) is 4.83 Å². The molecule has 2 aromatic rings. The summed E-state index contributed by atoms with van der Waals surface area (Å²) in [5.74, 6) is 0. The van der Waals surface area contributed by atoms with Crippen molar-refractivity contribution in [2.24, 2.45) is 0 Å². The third kappa shape index (κ3) is 5.48. The maximum absolute atomic E-state index is 9.02. The third-order valence-electron chi connectivity index (χ3n) is 2.54. The Balaban J connectivity index is 0.000000180. The summed E-state index contributed by atoms with van der Waals surface area (Å²) in [7, 11) is 0. The standard InChI is InChI=1S/C8H9Br.C8H10O/c2*1-7(9)8-5-3-2-4-6-8/h2-7H,1H3;2-7,9H,1H3/t2*7-/m10/s1. The lowest BCUT2D eigenvalue weighted by Crippen LogP contribution is -1.87. The zero-order chi connectivity index (χ0) is 13.4. The average molecular weight is 307 g/mol. The first-order valence-electron chi connectivity index (χ1n) is 6.03. The zero-order valence-corrected chi connectivity index (χ0v) is 12.3. The molecule has 0 radical (unpaired) electrons. The summed E-state index contributed by atoms with van der Waals surface area (Å²) >= 11 is 3.48. The Bertz CT molecular complexity index is 380. The Hall–Kier alpha value is -1.12. The smallest absolute Gasteiger partial charge is 0.0761 e. The SMILES string of the molecule is C[C@@H](Br)c1ccccc1.C[C@H](O)c1ccccc1. The maximum atomic E-state index is 9.02. The fraction of sp³-hybridized carbons (Fsp3) is 0.250. The van der Waals surface area contributed by atoms with E-state index in [-0.39, 0.29) is 6.10 Å². The minimum atomic E-state index is -0.341. The molecule has 0 saturated carbocycles. The van der Waals surface area contributed by atoms with Crippen molar-refractivity contribution in [1.82, 2.24) is 0 Å². The molecule has 2 rings (SSSR count). The first kappa shape index (κ1) is 14.9. The number of alkyl halides is 1. The van der Waals surface area contributed by atoms with Gasteiger partial charge in [0.2, 0.25) is 0 Å². The van der Waals surface area contributed by atoms with Crippen LogP contribution in [0, 0.1) is 0 Å². The van der Waals surface area contributed by atoms with Crippen LogP contribution in [0.15, 0.2) is 60.7 Å². The van der Waals surface area contributed by atoms with E-state index in [0.717, 1.165) is 5.56 Å². The molecule has 0 aliphatic carbocycles. The highest BCUT2D eigenvalue weighted by Gasteiger charge is 1.96. The van der Waals surface area contributed by atoms with Crippen molar-refractivity contribution >= 4 is 15.9 Å². The van der Waals surface area contributed by atoms with Gasteiger partial charge in [0.05, 0.1) is 6.10 Å². The number of benzene rings is 2. The van der Waals surface area contributed by atoms with Crippen LogP contribution >= 0.6 is 15.9 Å². The first-order valence-corrected chi connectivity index (χ1v) is 6.95. The van der Waals surface area contributed by atoms with Crippen LogP contribution in [0.25, 0.3) is 0 Å². The Kier molecular flexibility index (Phi) is 6.69. The molecule has 0 aliphatic rings. The lowest BCUT2D eigenvalue weighted by atomic mass is 10.1. The first-order chi connectivity index (χ1) is 8.61. The highest BCUT2D eigenvalue weighted by Crippen LogP contribution is 2.19. The Morgan fingerprint density at radius 3 is 1.39 bits per heavy atom. The summed E-state index contributed by atoms with van der Waals surface area (Å²) in [5, 5.41) is 9.02. The second kappa shape index (κ2) is 8.06. The fourth-order valence-electron chi connectivity index (χ4n) is 1.45. The molecule has 2 aromatic carbocycles. The van der Waals surface area contributed by atoms with E-state index in [9.17, 15) is 0 Å². The van der Waals surface area contributed by atoms with Gasteiger partial charge in [0.25, 0.3) is 0 Å². The van der Waals surface area contributed by atoms with Crippen LogP contribution in [0.5, 0.6) is 0 Å². The van der Waals surface area contributed by atoms with E-state index >= 15 is 0 Å². The van der Waals surface area contributed by atoms with Crippen LogP contribution in [0.4, 0.5) is 0 Å². The minimum Gasteiger partial charge on any atom is -0.389 e. The average Bonchev–Trinajstić information content (AvgIpc) is 2.41. The molecule has 0 unspecified atom stereocenters. The van der Waals surface area contributed by atoms with Crippen LogP contribution in [-0.4, -0.2) is 5.11 Å². The van der Waals surface area contributed by atoms with Crippen LogP contribution in [-0.2, 0) is 0 Å². The molecular formula is C16H19BrO. The second-order valence-corrected chi connectivity index (χ2v) is 5.49. The van der Waals surface area contributed by atoms with E-state index in [2.05, 4.69) is 35.0 Å². The minimum absolute atomic E-state index is 0.341. The van der Waals surface area contributed by atoms with Crippen LogP contribution in [0.3, 0.4) is 0 Å². The van der Waals surface area contributed by atoms with Crippen molar-refractivity contribution in [1.29, 1.82) is 0 Å². The fourth-order valence-corrected chi connectivity index (χ4v) is 1.76.